The van der Waals surface area contributed by atoms with Crippen LogP contribution < -0.4 is 26.2 Å². The summed E-state index contributed by atoms with van der Waals surface area (Å²) in [7, 11) is 0. The van der Waals surface area contributed by atoms with Gasteiger partial charge in [0.05, 0.1) is 39.4 Å². The Kier molecular flexibility index (Phi) is 13.6. The van der Waals surface area contributed by atoms with Crippen molar-refractivity contribution in [3.8, 4) is 22.4 Å². The van der Waals surface area contributed by atoms with Gasteiger partial charge in [-0.1, -0.05) is 178 Å². The molecule has 0 fully saturated rings. The predicted molar refractivity (Wildman–Crippen MR) is 367 cm³/mol. The summed E-state index contributed by atoms with van der Waals surface area (Å²) in [6, 6.07) is 64.6. The fourth-order valence-corrected chi connectivity index (χ4v) is 15.8. The van der Waals surface area contributed by atoms with Crippen molar-refractivity contribution in [2.45, 2.75) is 138 Å². The van der Waals surface area contributed by atoms with Crippen LogP contribution >= 0.6 is 23.5 Å². The number of anilines is 6. The second kappa shape index (κ2) is 20.5. The number of aromatic nitrogens is 3. The van der Waals surface area contributed by atoms with Gasteiger partial charge in [-0.2, -0.15) is 0 Å². The number of pyridine rings is 2. The zero-order valence-corrected chi connectivity index (χ0v) is 56.5. The van der Waals surface area contributed by atoms with E-state index in [9.17, 15) is 4.39 Å². The molecule has 0 saturated heterocycles. The number of benzene rings is 9. The molecule has 16 rings (SSSR count). The Morgan fingerprint density at radius 1 is 0.523 bits per heavy atom. The average molecular weight is 1360 g/mol. The molecule has 439 valence electrons. The average Bonchev–Trinajstić information content (AvgIpc) is 0.817. The molecule has 10 heteroatoms. The number of hydrogen-bond donors (Lipinski definition) is 0. The van der Waals surface area contributed by atoms with Crippen molar-refractivity contribution in [1.82, 2.24) is 14.4 Å². The maximum absolute atomic E-state index is 12.7. The first-order valence-corrected chi connectivity index (χ1v) is 32.1. The number of fused-ring (bicyclic) bond motifs is 16. The maximum atomic E-state index is 12.7. The van der Waals surface area contributed by atoms with E-state index >= 15 is 0 Å². The van der Waals surface area contributed by atoms with Crippen LogP contribution in [0.4, 0.5) is 38.5 Å². The molecule has 4 aliphatic heterocycles. The van der Waals surface area contributed by atoms with Crippen molar-refractivity contribution in [2.24, 2.45) is 0 Å². The van der Waals surface area contributed by atoms with E-state index in [4.69, 9.17) is 4.98 Å². The second-order valence-electron chi connectivity index (χ2n) is 28.4. The Morgan fingerprint density at radius 3 is 1.65 bits per heavy atom. The Hall–Kier alpha value is -7.46. The molecular weight excluding hydrogens is 1290 g/mol. The van der Waals surface area contributed by atoms with E-state index in [1.54, 1.807) is 6.07 Å². The molecule has 7 heterocycles. The van der Waals surface area contributed by atoms with Crippen LogP contribution in [0.3, 0.4) is 0 Å². The molecule has 0 N–H and O–H groups in total. The molecular formula is C78H69BFIrN5S2-2. The third-order valence-corrected chi connectivity index (χ3v) is 20.6. The summed E-state index contributed by atoms with van der Waals surface area (Å²) in [4.78, 5) is 20.3. The second-order valence-corrected chi connectivity index (χ2v) is 30.6. The van der Waals surface area contributed by atoms with Crippen molar-refractivity contribution in [3.63, 3.8) is 0 Å². The molecule has 0 amide bonds. The molecule has 0 aliphatic carbocycles. The largest absolute Gasteiger partial charge is 0.333 e. The van der Waals surface area contributed by atoms with Gasteiger partial charge in [0, 0.05) is 74.2 Å². The van der Waals surface area contributed by atoms with Crippen LogP contribution in [0.25, 0.3) is 60.7 Å². The van der Waals surface area contributed by atoms with Crippen molar-refractivity contribution < 1.29 is 24.5 Å². The summed E-state index contributed by atoms with van der Waals surface area (Å²) in [6.07, 6.45) is 1.82. The first kappa shape index (κ1) is 58.2. The zero-order valence-electron chi connectivity index (χ0n) is 52.4. The summed E-state index contributed by atoms with van der Waals surface area (Å²) in [6.45, 7) is 32.3. The Bertz CT molecular complexity index is 4760. The topological polar surface area (TPSA) is 36.7 Å². The Balaban J connectivity index is 0.000000372. The fraction of sp³-hybridized carbons (Fsp3) is 0.231. The first-order chi connectivity index (χ1) is 41.4. The summed E-state index contributed by atoms with van der Waals surface area (Å²) in [5.74, 6) is -0.275. The molecule has 0 atom stereocenters. The van der Waals surface area contributed by atoms with E-state index < -0.39 is 0 Å². The van der Waals surface area contributed by atoms with Crippen molar-refractivity contribution in [1.29, 1.82) is 0 Å². The van der Waals surface area contributed by atoms with Gasteiger partial charge in [-0.05, 0) is 157 Å². The number of hydrogen-bond acceptors (Lipinski definition) is 6. The Labute approximate surface area is 539 Å². The number of aryl methyl sites for hydroxylation is 2. The molecule has 0 bridgehead atoms. The zero-order chi connectivity index (χ0) is 60.5. The maximum Gasteiger partial charge on any atom is 0.252 e. The van der Waals surface area contributed by atoms with Crippen LogP contribution in [-0.4, -0.2) is 21.1 Å². The van der Waals surface area contributed by atoms with Gasteiger partial charge in [0.25, 0.3) is 6.71 Å². The normalized spacial score (nSPS) is 13.8. The molecule has 12 aromatic rings. The molecule has 88 heavy (non-hydrogen) atoms. The number of imidazole rings is 1. The van der Waals surface area contributed by atoms with Crippen LogP contribution in [0.2, 0.25) is 0 Å². The summed E-state index contributed by atoms with van der Waals surface area (Å²) in [5.41, 5.74) is 27.5. The van der Waals surface area contributed by atoms with Gasteiger partial charge in [0.15, 0.2) is 0 Å². The molecule has 9 aromatic carbocycles. The van der Waals surface area contributed by atoms with E-state index in [0.717, 1.165) is 50.0 Å². The summed E-state index contributed by atoms with van der Waals surface area (Å²) in [5, 5.41) is 3.40. The van der Waals surface area contributed by atoms with E-state index in [0.29, 0.717) is 0 Å². The van der Waals surface area contributed by atoms with E-state index in [2.05, 4.69) is 242 Å². The fourth-order valence-electron chi connectivity index (χ4n) is 13.4. The number of rotatable bonds is 2. The van der Waals surface area contributed by atoms with E-state index in [1.165, 1.54) is 126 Å². The third kappa shape index (κ3) is 9.28. The molecule has 0 spiro atoms. The number of halogens is 1. The molecule has 0 unspecified atom stereocenters. The first-order valence-electron chi connectivity index (χ1n) is 30.4. The van der Waals surface area contributed by atoms with E-state index in [1.807, 2.05) is 55.7 Å². The van der Waals surface area contributed by atoms with Crippen molar-refractivity contribution in [2.75, 3.05) is 9.80 Å². The van der Waals surface area contributed by atoms with Crippen LogP contribution in [0.5, 0.6) is 0 Å². The third-order valence-electron chi connectivity index (χ3n) is 18.4. The van der Waals surface area contributed by atoms with Crippen molar-refractivity contribution in [3.05, 3.63) is 215 Å². The SMILES string of the molecule is CC(C)(C)c1ccc2c(c1)Sc1cc(C(C)(C)C)cc3c1N2c1cc(-c2cccc4nc5c6[c-]cccc6c6ccccc6n5c24)cc2c1B3c1cc(C(C)(C)C)cc3c1N2c1ccc(C(C)(C)C)cc1S3.Cc1cnc(-c2[c-]cc(F)cc2)cc1C.[Ir]. The van der Waals surface area contributed by atoms with Gasteiger partial charge >= 0.3 is 0 Å². The molecule has 1 radical (unpaired) electrons. The quantitative estimate of drug-likeness (QED) is 0.0975. The summed E-state index contributed by atoms with van der Waals surface area (Å²) < 4.78 is 15.1. The minimum absolute atomic E-state index is 0. The van der Waals surface area contributed by atoms with Crippen LogP contribution in [0.1, 0.15) is 116 Å². The van der Waals surface area contributed by atoms with Crippen molar-refractivity contribution >= 4 is 119 Å². The van der Waals surface area contributed by atoms with Gasteiger partial charge in [0.1, 0.15) is 0 Å². The molecule has 3 aromatic heterocycles. The standard InChI is InChI=1S/C65H58BN4S2.C13H11FN.Ir/c1-62(2,3)37-24-26-49-53(32-37)71-55-34-39(64(7,8)9)30-45-59(55)68(49)51-28-36(41-21-17-22-47-58(41)70-48-23-16-15-19-43(48)42-18-13-14-20-44(42)61(70)67-47)29-52-57(51)66(45)46-31-40(65(10,11)12)35-56-60(46)69(52)50-27-25-38(63(4,5)6)33-54(50)72-56;1-9-7-13(15-8-10(9)2)11-3-5-12(14)6-4-11;/h13-19,21-35H,1-12H3;3,5-8H,1-2H3;/q2*-1;. The monoisotopic (exact) mass is 1360 g/mol. The minimum atomic E-state index is -0.275. The van der Waals surface area contributed by atoms with Crippen LogP contribution in [0.15, 0.2) is 184 Å². The van der Waals surface area contributed by atoms with Gasteiger partial charge in [-0.15, -0.1) is 59.5 Å². The number of nitrogens with zero attached hydrogens (tertiary/aromatic N) is 5. The van der Waals surface area contributed by atoms with Gasteiger partial charge in [-0.25, -0.2) is 0 Å². The predicted octanol–water partition coefficient (Wildman–Crippen LogP) is 19.8. The van der Waals surface area contributed by atoms with Gasteiger partial charge in [-0.3, -0.25) is 9.37 Å². The summed E-state index contributed by atoms with van der Waals surface area (Å²) >= 11 is 3.92. The van der Waals surface area contributed by atoms with Gasteiger partial charge < -0.3 is 19.2 Å². The molecule has 0 saturated carbocycles. The van der Waals surface area contributed by atoms with Gasteiger partial charge in [0.2, 0.25) is 0 Å². The smallest absolute Gasteiger partial charge is 0.252 e. The minimum Gasteiger partial charge on any atom is -0.333 e. The van der Waals surface area contributed by atoms with Crippen LogP contribution in [0, 0.1) is 31.8 Å². The van der Waals surface area contributed by atoms with Crippen LogP contribution in [-0.2, 0) is 41.8 Å². The Morgan fingerprint density at radius 2 is 1.09 bits per heavy atom. The molecule has 4 aliphatic rings. The molecule has 5 nitrogen and oxygen atoms in total. The van der Waals surface area contributed by atoms with E-state index in [-0.39, 0.29) is 54.3 Å². The number of para-hydroxylation sites is 2.